The Morgan fingerprint density at radius 1 is 1.48 bits per heavy atom. The summed E-state index contributed by atoms with van der Waals surface area (Å²) in [5, 5.41) is 0. The first-order valence-electron chi connectivity index (χ1n) is 6.45. The number of aromatic nitrogens is 2. The molecular weight excluding hydrogens is 289 g/mol. The number of nitrogens with zero attached hydrogens (tertiary/aromatic N) is 2. The Morgan fingerprint density at radius 3 is 2.76 bits per heavy atom. The molecule has 1 aromatic heterocycles. The van der Waals surface area contributed by atoms with E-state index >= 15 is 0 Å². The zero-order valence-corrected chi connectivity index (χ0v) is 11.1. The molecule has 2 heterocycles. The van der Waals surface area contributed by atoms with Crippen LogP contribution in [-0.2, 0) is 15.8 Å². The molecule has 0 saturated carbocycles. The number of primary amides is 1. The maximum Gasteiger partial charge on any atom is 0.432 e. The molecule has 1 fully saturated rings. The Hall–Kier alpha value is -2.06. The molecule has 9 heteroatoms. The van der Waals surface area contributed by atoms with E-state index < -0.39 is 30.1 Å². The average molecular weight is 304 g/mol. The van der Waals surface area contributed by atoms with Crippen molar-refractivity contribution in [2.45, 2.75) is 31.4 Å². The zero-order chi connectivity index (χ0) is 15.6. The van der Waals surface area contributed by atoms with Crippen LogP contribution >= 0.6 is 0 Å². The molecule has 2 amide bonds. The van der Waals surface area contributed by atoms with Crippen LogP contribution < -0.4 is 5.73 Å². The number of halogens is 3. The number of rotatable bonds is 3. The standard InChI is InChI=1S/C12H15F3N4O2/c13-12(14,15)8-5-17-11(18-8)7-2-1-3-19(6-7)10(21)4-9(16)20/h5,7H,1-4,6H2,(H2,16,20)(H,17,18). The van der Waals surface area contributed by atoms with E-state index in [1.165, 1.54) is 4.90 Å². The van der Waals surface area contributed by atoms with Crippen molar-refractivity contribution in [2.24, 2.45) is 5.73 Å². The van der Waals surface area contributed by atoms with Gasteiger partial charge < -0.3 is 15.6 Å². The van der Waals surface area contributed by atoms with Crippen LogP contribution in [0.5, 0.6) is 0 Å². The van der Waals surface area contributed by atoms with E-state index in [0.717, 1.165) is 6.20 Å². The molecule has 0 radical (unpaired) electrons. The number of aromatic amines is 1. The Morgan fingerprint density at radius 2 is 2.19 bits per heavy atom. The summed E-state index contributed by atoms with van der Waals surface area (Å²) in [6.07, 6.45) is -2.85. The number of carbonyl (C=O) groups excluding carboxylic acids is 2. The minimum atomic E-state index is -4.47. The number of hydrogen-bond donors (Lipinski definition) is 2. The van der Waals surface area contributed by atoms with E-state index in [0.29, 0.717) is 19.4 Å². The van der Waals surface area contributed by atoms with Crippen molar-refractivity contribution in [3.05, 3.63) is 17.7 Å². The van der Waals surface area contributed by atoms with E-state index in [9.17, 15) is 22.8 Å². The number of likely N-dealkylation sites (tertiary alicyclic amines) is 1. The van der Waals surface area contributed by atoms with Crippen molar-refractivity contribution in [1.29, 1.82) is 0 Å². The molecule has 0 spiro atoms. The second-order valence-electron chi connectivity index (χ2n) is 5.00. The summed E-state index contributed by atoms with van der Waals surface area (Å²) in [7, 11) is 0. The van der Waals surface area contributed by atoms with E-state index in [1.807, 2.05) is 0 Å². The van der Waals surface area contributed by atoms with Gasteiger partial charge in [-0.3, -0.25) is 9.59 Å². The van der Waals surface area contributed by atoms with Crippen LogP contribution in [0.15, 0.2) is 6.20 Å². The van der Waals surface area contributed by atoms with Crippen molar-refractivity contribution < 1.29 is 22.8 Å². The van der Waals surface area contributed by atoms with Crippen molar-refractivity contribution >= 4 is 11.8 Å². The Bertz CT molecular complexity index is 541. The highest BCUT2D eigenvalue weighted by Crippen LogP contribution is 2.31. The first kappa shape index (κ1) is 15.3. The lowest BCUT2D eigenvalue weighted by Crippen LogP contribution is -2.40. The molecule has 1 saturated heterocycles. The van der Waals surface area contributed by atoms with Crippen molar-refractivity contribution in [2.75, 3.05) is 13.1 Å². The molecule has 1 aromatic rings. The topological polar surface area (TPSA) is 92.1 Å². The lowest BCUT2D eigenvalue weighted by atomic mass is 9.97. The molecule has 116 valence electrons. The number of carbonyl (C=O) groups is 2. The quantitative estimate of drug-likeness (QED) is 0.816. The molecule has 0 bridgehead atoms. The van der Waals surface area contributed by atoms with Gasteiger partial charge >= 0.3 is 6.18 Å². The predicted molar refractivity (Wildman–Crippen MR) is 66.0 cm³/mol. The maximum absolute atomic E-state index is 12.5. The number of nitrogens with one attached hydrogen (secondary N) is 1. The van der Waals surface area contributed by atoms with Crippen LogP contribution in [0.2, 0.25) is 0 Å². The van der Waals surface area contributed by atoms with Crippen LogP contribution in [0.25, 0.3) is 0 Å². The summed E-state index contributed by atoms with van der Waals surface area (Å²) in [5.74, 6) is -1.22. The van der Waals surface area contributed by atoms with Gasteiger partial charge in [0.15, 0.2) is 0 Å². The Balaban J connectivity index is 2.05. The van der Waals surface area contributed by atoms with E-state index in [4.69, 9.17) is 5.73 Å². The molecule has 1 unspecified atom stereocenters. The number of hydrogen-bond acceptors (Lipinski definition) is 3. The molecule has 0 aliphatic carbocycles. The fraction of sp³-hybridized carbons (Fsp3) is 0.583. The van der Waals surface area contributed by atoms with Gasteiger partial charge in [0.2, 0.25) is 11.8 Å². The number of nitrogens with two attached hydrogens (primary N) is 1. The van der Waals surface area contributed by atoms with Gasteiger partial charge in [-0.15, -0.1) is 0 Å². The highest BCUT2D eigenvalue weighted by Gasteiger charge is 2.34. The molecule has 1 aliphatic heterocycles. The number of imidazole rings is 1. The summed E-state index contributed by atoms with van der Waals surface area (Å²) < 4.78 is 37.6. The highest BCUT2D eigenvalue weighted by molar-refractivity contribution is 5.96. The lowest BCUT2D eigenvalue weighted by Gasteiger charge is -2.31. The van der Waals surface area contributed by atoms with Crippen LogP contribution in [0.1, 0.15) is 36.7 Å². The van der Waals surface area contributed by atoms with E-state index in [1.54, 1.807) is 0 Å². The minimum absolute atomic E-state index is 0.207. The summed E-state index contributed by atoms with van der Waals surface area (Å²) in [6, 6.07) is 0. The van der Waals surface area contributed by atoms with Gasteiger partial charge in [0.1, 0.15) is 17.9 Å². The Kier molecular flexibility index (Phi) is 4.19. The molecule has 2 rings (SSSR count). The van der Waals surface area contributed by atoms with Crippen molar-refractivity contribution in [3.63, 3.8) is 0 Å². The minimum Gasteiger partial charge on any atom is -0.369 e. The van der Waals surface area contributed by atoms with Gasteiger partial charge in [-0.05, 0) is 12.8 Å². The third-order valence-corrected chi connectivity index (χ3v) is 3.39. The largest absolute Gasteiger partial charge is 0.432 e. The molecule has 1 aliphatic rings. The molecule has 21 heavy (non-hydrogen) atoms. The van der Waals surface area contributed by atoms with Crippen molar-refractivity contribution in [3.8, 4) is 0 Å². The van der Waals surface area contributed by atoms with E-state index in [-0.39, 0.29) is 18.3 Å². The monoisotopic (exact) mass is 304 g/mol. The van der Waals surface area contributed by atoms with Crippen LogP contribution in [0.4, 0.5) is 13.2 Å². The van der Waals surface area contributed by atoms with Gasteiger partial charge in [-0.2, -0.15) is 13.2 Å². The van der Waals surface area contributed by atoms with Gasteiger partial charge in [0, 0.05) is 19.0 Å². The summed E-state index contributed by atoms with van der Waals surface area (Å²) in [4.78, 5) is 30.0. The molecule has 0 aromatic carbocycles. The van der Waals surface area contributed by atoms with Crippen LogP contribution in [-0.4, -0.2) is 39.8 Å². The van der Waals surface area contributed by atoms with Crippen molar-refractivity contribution in [1.82, 2.24) is 14.9 Å². The number of H-pyrrole nitrogens is 1. The summed E-state index contributed by atoms with van der Waals surface area (Å²) in [5.41, 5.74) is 4.06. The Labute approximate surface area is 118 Å². The van der Waals surface area contributed by atoms with Gasteiger partial charge in [0.05, 0.1) is 6.20 Å². The van der Waals surface area contributed by atoms with Crippen LogP contribution in [0.3, 0.4) is 0 Å². The van der Waals surface area contributed by atoms with Crippen LogP contribution in [0, 0.1) is 0 Å². The highest BCUT2D eigenvalue weighted by atomic mass is 19.4. The van der Waals surface area contributed by atoms with E-state index in [2.05, 4.69) is 9.97 Å². The summed E-state index contributed by atoms with van der Waals surface area (Å²) >= 11 is 0. The zero-order valence-electron chi connectivity index (χ0n) is 11.1. The first-order valence-corrected chi connectivity index (χ1v) is 6.45. The molecular formula is C12H15F3N4O2. The average Bonchev–Trinajstić information content (AvgIpc) is 2.87. The predicted octanol–water partition coefficient (Wildman–Crippen LogP) is 1.01. The number of amides is 2. The lowest BCUT2D eigenvalue weighted by molar-refractivity contribution is -0.141. The van der Waals surface area contributed by atoms with Gasteiger partial charge in [-0.1, -0.05) is 0 Å². The third-order valence-electron chi connectivity index (χ3n) is 3.39. The second-order valence-corrected chi connectivity index (χ2v) is 5.00. The molecule has 3 N–H and O–H groups in total. The SMILES string of the molecule is NC(=O)CC(=O)N1CCCC(c2ncc(C(F)(F)F)[nH]2)C1. The summed E-state index contributed by atoms with van der Waals surface area (Å²) in [6.45, 7) is 0.701. The van der Waals surface area contributed by atoms with Gasteiger partial charge in [0.25, 0.3) is 0 Å². The molecule has 6 nitrogen and oxygen atoms in total. The molecule has 1 atom stereocenters. The third kappa shape index (κ3) is 3.73. The maximum atomic E-state index is 12.5. The fourth-order valence-electron chi connectivity index (χ4n) is 2.38. The number of piperidine rings is 1. The smallest absolute Gasteiger partial charge is 0.369 e. The fourth-order valence-corrected chi connectivity index (χ4v) is 2.38. The second kappa shape index (κ2) is 5.74. The van der Waals surface area contributed by atoms with Gasteiger partial charge in [-0.25, -0.2) is 4.98 Å². The normalized spacial score (nSPS) is 19.6. The number of alkyl halides is 3. The first-order chi connectivity index (χ1) is 9.77.